The highest BCUT2D eigenvalue weighted by Crippen LogP contribution is 2.18. The number of hydrogen-bond donors (Lipinski definition) is 6. The van der Waals surface area contributed by atoms with Crippen LogP contribution in [0.15, 0.2) is 36.2 Å². The molecule has 0 spiro atoms. The fourth-order valence-electron chi connectivity index (χ4n) is 2.84. The molecule has 0 aliphatic carbocycles. The molecule has 9 N–H and O–H groups in total. The summed E-state index contributed by atoms with van der Waals surface area (Å²) in [6.07, 6.45) is 1.62. The van der Waals surface area contributed by atoms with Crippen LogP contribution in [0.25, 0.3) is 0 Å². The average Bonchev–Trinajstić information content (AvgIpc) is 2.84. The van der Waals surface area contributed by atoms with E-state index in [-0.39, 0.29) is 36.5 Å². The van der Waals surface area contributed by atoms with Gasteiger partial charge in [-0.05, 0) is 36.6 Å². The minimum atomic E-state index is -0.177. The summed E-state index contributed by atoms with van der Waals surface area (Å²) in [5, 5.41) is 10.4. The van der Waals surface area contributed by atoms with Gasteiger partial charge < -0.3 is 46.6 Å². The summed E-state index contributed by atoms with van der Waals surface area (Å²) in [5.74, 6) is 5.63. The largest absolute Gasteiger partial charge is 0.399 e. The molecule has 1 unspecified atom stereocenters. The van der Waals surface area contributed by atoms with Crippen molar-refractivity contribution in [3.63, 3.8) is 0 Å². The third-order valence-corrected chi connectivity index (χ3v) is 5.56. The maximum Gasteiger partial charge on any atom is 0.251 e. The van der Waals surface area contributed by atoms with Crippen molar-refractivity contribution in [1.82, 2.24) is 21.0 Å². The number of hydrazine groups is 1. The highest BCUT2D eigenvalue weighted by Gasteiger charge is 2.21. The summed E-state index contributed by atoms with van der Waals surface area (Å²) >= 11 is 0. The first kappa shape index (κ1) is 33.1. The molecule has 1 rings (SSSR count). The van der Waals surface area contributed by atoms with E-state index >= 15 is 0 Å². The van der Waals surface area contributed by atoms with Crippen LogP contribution in [0.3, 0.4) is 0 Å². The van der Waals surface area contributed by atoms with E-state index in [4.69, 9.17) is 31.5 Å². The predicted octanol–water partition coefficient (Wildman–Crippen LogP) is 0.165. The zero-order chi connectivity index (χ0) is 28.4. The van der Waals surface area contributed by atoms with E-state index in [1.54, 1.807) is 30.5 Å². The summed E-state index contributed by atoms with van der Waals surface area (Å²) in [5.41, 5.74) is 13.2. The number of carbonyl (C=O) groups excluding carboxylic acids is 2. The van der Waals surface area contributed by atoms with Crippen molar-refractivity contribution in [3.05, 3.63) is 41.7 Å². The van der Waals surface area contributed by atoms with E-state index in [1.807, 2.05) is 6.92 Å². The molecule has 0 saturated heterocycles. The highest BCUT2D eigenvalue weighted by molar-refractivity contribution is 5.94. The Balaban J connectivity index is 1.98. The van der Waals surface area contributed by atoms with Crippen molar-refractivity contribution in [2.24, 2.45) is 17.0 Å². The van der Waals surface area contributed by atoms with E-state index in [0.29, 0.717) is 69.6 Å². The molecule has 1 aromatic rings. The second-order valence-corrected chi connectivity index (χ2v) is 9.94. The van der Waals surface area contributed by atoms with Crippen LogP contribution in [0, 0.1) is 5.41 Å². The molecule has 0 fully saturated rings. The average molecular weight is 538 g/mol. The van der Waals surface area contributed by atoms with Crippen LogP contribution in [0.2, 0.25) is 0 Å². The van der Waals surface area contributed by atoms with Gasteiger partial charge in [-0.25, -0.2) is 5.84 Å². The molecule has 0 saturated carbocycles. The standard InChI is InChI=1S/C26H47N7O5/c1-20(26(2,3)4)32-24(34)19-37-13-10-30-9-12-33(29)17-23(28)18-38-16-15-36-14-11-31-25(35)21-5-7-22(27)8-6-21/h5-8,17,20,30H,9-16,18-19,27-29H2,1-4H3,(H,31,35)(H,32,34)/b23-17-. The van der Waals surface area contributed by atoms with E-state index in [0.717, 1.165) is 0 Å². The third kappa shape index (κ3) is 16.0. The van der Waals surface area contributed by atoms with Crippen LogP contribution >= 0.6 is 0 Å². The van der Waals surface area contributed by atoms with Crippen molar-refractivity contribution in [2.45, 2.75) is 33.7 Å². The summed E-state index contributed by atoms with van der Waals surface area (Å²) in [4.78, 5) is 23.8. The normalized spacial score (nSPS) is 12.7. The maximum atomic E-state index is 12.0. The predicted molar refractivity (Wildman–Crippen MR) is 149 cm³/mol. The molecule has 2 amide bonds. The molecule has 1 aromatic carbocycles. The third-order valence-electron chi connectivity index (χ3n) is 5.56. The zero-order valence-corrected chi connectivity index (χ0v) is 23.3. The Kier molecular flexibility index (Phi) is 16.0. The quantitative estimate of drug-likeness (QED) is 0.0616. The summed E-state index contributed by atoms with van der Waals surface area (Å²) in [6, 6.07) is 6.78. The number of anilines is 1. The lowest BCUT2D eigenvalue weighted by Crippen LogP contribution is -2.43. The number of carbonyl (C=O) groups is 2. The van der Waals surface area contributed by atoms with Gasteiger partial charge in [0.1, 0.15) is 6.61 Å². The SMILES string of the molecule is CC(NC(=O)COCCNCCN(N)/C=C(\N)COCCOCCNC(=O)c1ccc(N)cc1)C(C)(C)C. The van der Waals surface area contributed by atoms with E-state index in [9.17, 15) is 9.59 Å². The van der Waals surface area contributed by atoms with Crippen LogP contribution in [0.5, 0.6) is 0 Å². The molecule has 12 heteroatoms. The number of nitrogen functional groups attached to an aromatic ring is 1. The van der Waals surface area contributed by atoms with Crippen molar-refractivity contribution in [3.8, 4) is 0 Å². The molecule has 0 bridgehead atoms. The van der Waals surface area contributed by atoms with Gasteiger partial charge in [0.05, 0.1) is 38.7 Å². The second-order valence-electron chi connectivity index (χ2n) is 9.94. The van der Waals surface area contributed by atoms with Gasteiger partial charge in [0.2, 0.25) is 5.91 Å². The molecule has 0 heterocycles. The van der Waals surface area contributed by atoms with Crippen LogP contribution in [-0.4, -0.2) is 88.7 Å². The first-order valence-corrected chi connectivity index (χ1v) is 12.8. The van der Waals surface area contributed by atoms with Crippen LogP contribution < -0.4 is 33.3 Å². The van der Waals surface area contributed by atoms with Crippen molar-refractivity contribution in [1.29, 1.82) is 0 Å². The van der Waals surface area contributed by atoms with Gasteiger partial charge in [-0.3, -0.25) is 9.59 Å². The molecule has 0 aliphatic rings. The van der Waals surface area contributed by atoms with Crippen molar-refractivity contribution in [2.75, 3.05) is 71.6 Å². The van der Waals surface area contributed by atoms with Crippen LogP contribution in [-0.2, 0) is 19.0 Å². The molecule has 0 aliphatic heterocycles. The molecule has 38 heavy (non-hydrogen) atoms. The maximum absolute atomic E-state index is 12.0. The smallest absolute Gasteiger partial charge is 0.251 e. The Bertz CT molecular complexity index is 843. The van der Waals surface area contributed by atoms with E-state index in [2.05, 4.69) is 36.7 Å². The van der Waals surface area contributed by atoms with Crippen LogP contribution in [0.1, 0.15) is 38.1 Å². The summed E-state index contributed by atoms with van der Waals surface area (Å²) < 4.78 is 16.3. The van der Waals surface area contributed by atoms with Crippen molar-refractivity contribution < 1.29 is 23.8 Å². The first-order valence-electron chi connectivity index (χ1n) is 12.8. The fourth-order valence-corrected chi connectivity index (χ4v) is 2.84. The summed E-state index contributed by atoms with van der Waals surface area (Å²) in [6.45, 7) is 12.2. The molecular weight excluding hydrogens is 490 g/mol. The van der Waals surface area contributed by atoms with Gasteiger partial charge in [-0.2, -0.15) is 0 Å². The monoisotopic (exact) mass is 537 g/mol. The number of benzene rings is 1. The number of nitrogens with zero attached hydrogens (tertiary/aromatic N) is 1. The van der Waals surface area contributed by atoms with Gasteiger partial charge in [0, 0.05) is 49.7 Å². The fraction of sp³-hybridized carbons (Fsp3) is 0.615. The lowest BCUT2D eigenvalue weighted by Gasteiger charge is -2.28. The van der Waals surface area contributed by atoms with E-state index < -0.39 is 0 Å². The molecule has 216 valence electrons. The van der Waals surface area contributed by atoms with Crippen LogP contribution in [0.4, 0.5) is 5.69 Å². The number of nitrogens with one attached hydrogen (secondary N) is 3. The second kappa shape index (κ2) is 18.4. The first-order chi connectivity index (χ1) is 18.0. The van der Waals surface area contributed by atoms with Gasteiger partial charge in [-0.15, -0.1) is 0 Å². The number of ether oxygens (including phenoxy) is 3. The lowest BCUT2D eigenvalue weighted by molar-refractivity contribution is -0.126. The zero-order valence-electron chi connectivity index (χ0n) is 23.3. The summed E-state index contributed by atoms with van der Waals surface area (Å²) in [7, 11) is 0. The Hall–Kier alpha value is -2.90. The highest BCUT2D eigenvalue weighted by atomic mass is 16.5. The Labute approximate surface area is 226 Å². The molecule has 12 nitrogen and oxygen atoms in total. The minimum Gasteiger partial charge on any atom is -0.399 e. The minimum absolute atomic E-state index is 0.00489. The number of nitrogens with two attached hydrogens (primary N) is 3. The van der Waals surface area contributed by atoms with E-state index in [1.165, 1.54) is 5.01 Å². The number of hydrogen-bond acceptors (Lipinski definition) is 10. The van der Waals surface area contributed by atoms with Gasteiger partial charge in [0.25, 0.3) is 5.91 Å². The molecule has 1 atom stereocenters. The molecule has 0 aromatic heterocycles. The molecule has 0 radical (unpaired) electrons. The van der Waals surface area contributed by atoms with Gasteiger partial charge in [-0.1, -0.05) is 20.8 Å². The topological polar surface area (TPSA) is 179 Å². The Morgan fingerprint density at radius 2 is 1.61 bits per heavy atom. The molecular formula is C26H47N7O5. The Morgan fingerprint density at radius 3 is 2.29 bits per heavy atom. The van der Waals surface area contributed by atoms with Gasteiger partial charge in [0.15, 0.2) is 0 Å². The van der Waals surface area contributed by atoms with Gasteiger partial charge >= 0.3 is 0 Å². The van der Waals surface area contributed by atoms with Crippen molar-refractivity contribution >= 4 is 17.5 Å². The number of amides is 2. The lowest BCUT2D eigenvalue weighted by atomic mass is 9.88. The number of rotatable bonds is 19. The Morgan fingerprint density at radius 1 is 0.974 bits per heavy atom.